The Balaban J connectivity index is 1.84. The molecule has 4 aromatic rings. The summed E-state index contributed by atoms with van der Waals surface area (Å²) in [5.74, 6) is -0.140. The highest BCUT2D eigenvalue weighted by Gasteiger charge is 2.14. The van der Waals surface area contributed by atoms with Crippen molar-refractivity contribution < 1.29 is 13.6 Å². The van der Waals surface area contributed by atoms with E-state index in [1.807, 2.05) is 37.3 Å². The molecule has 1 amide bonds. The molecule has 0 aliphatic rings. The van der Waals surface area contributed by atoms with Crippen molar-refractivity contribution in [3.8, 4) is 0 Å². The minimum atomic E-state index is -0.401. The van der Waals surface area contributed by atoms with E-state index in [0.717, 1.165) is 16.6 Å². The van der Waals surface area contributed by atoms with Gasteiger partial charge in [-0.25, -0.2) is 4.79 Å². The second-order valence-corrected chi connectivity index (χ2v) is 6.10. The molecule has 2 aromatic carbocycles. The fraction of sp³-hybridized carbons (Fsp3) is 0.100. The first-order valence-corrected chi connectivity index (χ1v) is 8.10. The minimum absolute atomic E-state index is 0.140. The zero-order valence-electron chi connectivity index (χ0n) is 14.3. The average molecular weight is 348 g/mol. The lowest BCUT2D eigenvalue weighted by Crippen LogP contribution is -2.05. The van der Waals surface area contributed by atoms with Crippen LogP contribution in [0.2, 0.25) is 0 Å². The standard InChI is InChI=1S/C20H16N2O4/c1-11-8-18(24)26-20-15(11)6-7-17-19(20)16(10-25-17)22-14-5-3-4-13(9-14)21-12(2)23/h3-10,22H,1-2H3,(H,21,23). The summed E-state index contributed by atoms with van der Waals surface area (Å²) in [6, 6.07) is 12.5. The molecule has 4 rings (SSSR count). The number of aryl methyl sites for hydroxylation is 1. The number of benzene rings is 2. The molecule has 26 heavy (non-hydrogen) atoms. The van der Waals surface area contributed by atoms with E-state index in [0.29, 0.717) is 27.9 Å². The van der Waals surface area contributed by atoms with Gasteiger partial charge in [0.1, 0.15) is 11.8 Å². The number of nitrogens with one attached hydrogen (secondary N) is 2. The van der Waals surface area contributed by atoms with E-state index in [1.54, 1.807) is 12.3 Å². The van der Waals surface area contributed by atoms with Gasteiger partial charge in [0.25, 0.3) is 0 Å². The van der Waals surface area contributed by atoms with Crippen LogP contribution in [0.5, 0.6) is 0 Å². The Labute approximate surface area is 148 Å². The molecule has 0 aliphatic heterocycles. The van der Waals surface area contributed by atoms with E-state index in [2.05, 4.69) is 10.6 Å². The minimum Gasteiger partial charge on any atom is -0.462 e. The van der Waals surface area contributed by atoms with Gasteiger partial charge in [0.05, 0.1) is 11.1 Å². The highest BCUT2D eigenvalue weighted by molar-refractivity contribution is 6.10. The van der Waals surface area contributed by atoms with Gasteiger partial charge in [0, 0.05) is 29.8 Å². The van der Waals surface area contributed by atoms with Crippen molar-refractivity contribution in [2.24, 2.45) is 0 Å². The van der Waals surface area contributed by atoms with Crippen molar-refractivity contribution >= 4 is 44.9 Å². The van der Waals surface area contributed by atoms with Crippen molar-refractivity contribution in [2.75, 3.05) is 10.6 Å². The Morgan fingerprint density at radius 3 is 2.69 bits per heavy atom. The number of hydrogen-bond acceptors (Lipinski definition) is 5. The summed E-state index contributed by atoms with van der Waals surface area (Å²) in [6.07, 6.45) is 1.58. The van der Waals surface area contributed by atoms with Crippen LogP contribution in [0.4, 0.5) is 17.1 Å². The smallest absolute Gasteiger partial charge is 0.336 e. The molecule has 6 nitrogen and oxygen atoms in total. The van der Waals surface area contributed by atoms with Crippen LogP contribution < -0.4 is 16.3 Å². The molecule has 0 fully saturated rings. The van der Waals surface area contributed by atoms with Crippen molar-refractivity contribution in [3.05, 3.63) is 64.7 Å². The third-order valence-electron chi connectivity index (χ3n) is 4.12. The number of carbonyl (C=O) groups is 1. The molecular formula is C20H16N2O4. The molecule has 2 heterocycles. The average Bonchev–Trinajstić information content (AvgIpc) is 2.98. The molecular weight excluding hydrogens is 332 g/mol. The first kappa shape index (κ1) is 16.0. The number of fused-ring (bicyclic) bond motifs is 3. The van der Waals surface area contributed by atoms with Crippen LogP contribution in [0.25, 0.3) is 21.9 Å². The Bertz CT molecular complexity index is 1200. The third-order valence-corrected chi connectivity index (χ3v) is 4.12. The zero-order chi connectivity index (χ0) is 18.3. The maximum absolute atomic E-state index is 11.8. The van der Waals surface area contributed by atoms with Gasteiger partial charge in [0.2, 0.25) is 5.91 Å². The molecule has 0 unspecified atom stereocenters. The van der Waals surface area contributed by atoms with E-state index < -0.39 is 5.63 Å². The van der Waals surface area contributed by atoms with E-state index in [4.69, 9.17) is 8.83 Å². The molecule has 2 N–H and O–H groups in total. The van der Waals surface area contributed by atoms with Gasteiger partial charge in [-0.1, -0.05) is 6.07 Å². The summed E-state index contributed by atoms with van der Waals surface area (Å²) in [7, 11) is 0. The molecule has 2 aromatic heterocycles. The fourth-order valence-electron chi connectivity index (χ4n) is 3.03. The number of amides is 1. The van der Waals surface area contributed by atoms with Crippen LogP contribution in [0.1, 0.15) is 12.5 Å². The van der Waals surface area contributed by atoms with Gasteiger partial charge in [-0.05, 0) is 42.8 Å². The number of hydrogen-bond donors (Lipinski definition) is 2. The maximum Gasteiger partial charge on any atom is 0.336 e. The van der Waals surface area contributed by atoms with E-state index >= 15 is 0 Å². The van der Waals surface area contributed by atoms with Crippen LogP contribution >= 0.6 is 0 Å². The summed E-state index contributed by atoms with van der Waals surface area (Å²) in [6.45, 7) is 3.33. The number of carbonyl (C=O) groups excluding carboxylic acids is 1. The SMILES string of the molecule is CC(=O)Nc1cccc(Nc2coc3ccc4c(C)cc(=O)oc4c23)c1. The van der Waals surface area contributed by atoms with Gasteiger partial charge >= 0.3 is 5.63 Å². The number of rotatable bonds is 3. The highest BCUT2D eigenvalue weighted by Crippen LogP contribution is 2.35. The van der Waals surface area contributed by atoms with Crippen molar-refractivity contribution in [1.82, 2.24) is 0 Å². The molecule has 0 aliphatic carbocycles. The van der Waals surface area contributed by atoms with E-state index in [-0.39, 0.29) is 5.91 Å². The largest absolute Gasteiger partial charge is 0.462 e. The topological polar surface area (TPSA) is 84.5 Å². The van der Waals surface area contributed by atoms with E-state index in [1.165, 1.54) is 13.0 Å². The molecule has 0 saturated heterocycles. The highest BCUT2D eigenvalue weighted by atomic mass is 16.4. The Kier molecular flexibility index (Phi) is 3.73. The molecule has 130 valence electrons. The van der Waals surface area contributed by atoms with Gasteiger partial charge in [-0.15, -0.1) is 0 Å². The lowest BCUT2D eigenvalue weighted by Gasteiger charge is -2.08. The van der Waals surface area contributed by atoms with Gasteiger partial charge in [-0.2, -0.15) is 0 Å². The lowest BCUT2D eigenvalue weighted by molar-refractivity contribution is -0.114. The Morgan fingerprint density at radius 2 is 1.88 bits per heavy atom. The summed E-state index contributed by atoms with van der Waals surface area (Å²) in [5.41, 5.74) is 3.68. The number of anilines is 3. The van der Waals surface area contributed by atoms with Crippen molar-refractivity contribution in [1.29, 1.82) is 0 Å². The molecule has 0 spiro atoms. The van der Waals surface area contributed by atoms with E-state index in [9.17, 15) is 9.59 Å². The van der Waals surface area contributed by atoms with Crippen LogP contribution in [0.15, 0.2) is 62.4 Å². The molecule has 0 atom stereocenters. The van der Waals surface area contributed by atoms with Crippen molar-refractivity contribution in [2.45, 2.75) is 13.8 Å². The predicted octanol–water partition coefficient (Wildman–Crippen LogP) is 4.55. The quantitative estimate of drug-likeness (QED) is 0.531. The third kappa shape index (κ3) is 2.82. The second kappa shape index (κ2) is 6.07. The lowest BCUT2D eigenvalue weighted by atomic mass is 10.1. The van der Waals surface area contributed by atoms with Crippen LogP contribution in [0.3, 0.4) is 0 Å². The monoisotopic (exact) mass is 348 g/mol. The first-order chi connectivity index (χ1) is 12.5. The van der Waals surface area contributed by atoms with Crippen LogP contribution in [-0.2, 0) is 4.79 Å². The Morgan fingerprint density at radius 1 is 1.08 bits per heavy atom. The molecule has 0 bridgehead atoms. The molecule has 6 heteroatoms. The van der Waals surface area contributed by atoms with Gasteiger partial charge in [-0.3, -0.25) is 4.79 Å². The van der Waals surface area contributed by atoms with Gasteiger partial charge in [0.15, 0.2) is 5.58 Å². The predicted molar refractivity (Wildman–Crippen MR) is 101 cm³/mol. The summed E-state index contributed by atoms with van der Waals surface area (Å²) in [4.78, 5) is 23.1. The first-order valence-electron chi connectivity index (χ1n) is 8.10. The zero-order valence-corrected chi connectivity index (χ0v) is 14.3. The fourth-order valence-corrected chi connectivity index (χ4v) is 3.03. The molecule has 0 radical (unpaired) electrons. The molecule has 0 saturated carbocycles. The summed E-state index contributed by atoms with van der Waals surface area (Å²) < 4.78 is 11.1. The van der Waals surface area contributed by atoms with Crippen LogP contribution in [-0.4, -0.2) is 5.91 Å². The van der Waals surface area contributed by atoms with Crippen molar-refractivity contribution in [3.63, 3.8) is 0 Å². The summed E-state index contributed by atoms with van der Waals surface area (Å²) >= 11 is 0. The Hall–Kier alpha value is -3.54. The van der Waals surface area contributed by atoms with Crippen LogP contribution in [0, 0.1) is 6.92 Å². The second-order valence-electron chi connectivity index (χ2n) is 6.10. The normalized spacial score (nSPS) is 11.0. The maximum atomic E-state index is 11.8. The van der Waals surface area contributed by atoms with Gasteiger partial charge < -0.3 is 19.5 Å². The summed E-state index contributed by atoms with van der Waals surface area (Å²) in [5, 5.41) is 7.57. The number of furan rings is 1.